The first-order chi connectivity index (χ1) is 10.2. The molecule has 0 amide bonds. The first kappa shape index (κ1) is 14.9. The van der Waals surface area contributed by atoms with Gasteiger partial charge in [-0.2, -0.15) is 0 Å². The number of benzene rings is 2. The van der Waals surface area contributed by atoms with Crippen LogP contribution >= 0.6 is 0 Å². The molecule has 0 fully saturated rings. The minimum atomic E-state index is 0.0923. The summed E-state index contributed by atoms with van der Waals surface area (Å²) < 4.78 is 10.8. The van der Waals surface area contributed by atoms with E-state index in [9.17, 15) is 0 Å². The summed E-state index contributed by atoms with van der Waals surface area (Å²) in [5.74, 6) is 0.889. The monoisotopic (exact) mass is 286 g/mol. The van der Waals surface area contributed by atoms with Crippen LogP contribution in [0.5, 0.6) is 5.75 Å². The number of ether oxygens (including phenoxy) is 2. The van der Waals surface area contributed by atoms with Crippen molar-refractivity contribution in [3.8, 4) is 5.75 Å². The Morgan fingerprint density at radius 1 is 1.10 bits per heavy atom. The Kier molecular flexibility index (Phi) is 5.17. The molecule has 0 saturated heterocycles. The van der Waals surface area contributed by atoms with E-state index in [0.717, 1.165) is 16.9 Å². The van der Waals surface area contributed by atoms with Gasteiger partial charge < -0.3 is 20.4 Å². The minimum absolute atomic E-state index is 0.0923. The van der Waals surface area contributed by atoms with Crippen LogP contribution in [0.2, 0.25) is 0 Å². The Balaban J connectivity index is 1.98. The molecule has 21 heavy (non-hydrogen) atoms. The molecule has 0 aromatic heterocycles. The zero-order valence-electron chi connectivity index (χ0n) is 11.8. The van der Waals surface area contributed by atoms with E-state index in [1.54, 1.807) is 19.2 Å². The van der Waals surface area contributed by atoms with Gasteiger partial charge in [0, 0.05) is 12.7 Å². The van der Waals surface area contributed by atoms with E-state index in [2.05, 4.69) is 5.16 Å². The van der Waals surface area contributed by atoms with Crippen LogP contribution in [0.4, 0.5) is 0 Å². The second-order valence-electron chi connectivity index (χ2n) is 4.55. The number of nitrogens with zero attached hydrogens (tertiary/aromatic N) is 1. The van der Waals surface area contributed by atoms with Crippen LogP contribution < -0.4 is 10.5 Å². The van der Waals surface area contributed by atoms with Crippen molar-refractivity contribution in [2.75, 3.05) is 7.11 Å². The molecule has 0 spiro atoms. The molecule has 0 heterocycles. The van der Waals surface area contributed by atoms with Gasteiger partial charge in [0.25, 0.3) is 0 Å². The molecule has 5 nitrogen and oxygen atoms in total. The first-order valence-electron chi connectivity index (χ1n) is 6.50. The molecule has 2 aromatic carbocycles. The number of rotatable bonds is 6. The Morgan fingerprint density at radius 2 is 1.86 bits per heavy atom. The predicted molar refractivity (Wildman–Crippen MR) is 80.4 cm³/mol. The fourth-order valence-electron chi connectivity index (χ4n) is 1.89. The van der Waals surface area contributed by atoms with Crippen LogP contribution in [0, 0.1) is 0 Å². The maximum atomic E-state index is 8.61. The highest BCUT2D eigenvalue weighted by Crippen LogP contribution is 2.16. The molecule has 0 saturated carbocycles. The minimum Gasteiger partial charge on any atom is -0.489 e. The van der Waals surface area contributed by atoms with Crippen LogP contribution in [0.1, 0.15) is 16.7 Å². The summed E-state index contributed by atoms with van der Waals surface area (Å²) in [6.07, 6.45) is 0. The Bertz CT molecular complexity index is 609. The summed E-state index contributed by atoms with van der Waals surface area (Å²) in [6.45, 7) is 1.01. The van der Waals surface area contributed by atoms with E-state index in [1.807, 2.05) is 36.4 Å². The lowest BCUT2D eigenvalue weighted by Crippen LogP contribution is -2.12. The maximum Gasteiger partial charge on any atom is 0.170 e. The normalized spacial score (nSPS) is 11.4. The van der Waals surface area contributed by atoms with Crippen molar-refractivity contribution in [1.29, 1.82) is 0 Å². The molecule has 5 heteroatoms. The van der Waals surface area contributed by atoms with E-state index in [4.69, 9.17) is 20.4 Å². The van der Waals surface area contributed by atoms with Gasteiger partial charge in [-0.25, -0.2) is 0 Å². The molecule has 0 radical (unpaired) electrons. The van der Waals surface area contributed by atoms with Gasteiger partial charge in [-0.1, -0.05) is 41.6 Å². The lowest BCUT2D eigenvalue weighted by atomic mass is 10.1. The van der Waals surface area contributed by atoms with E-state index in [1.165, 1.54) is 0 Å². The van der Waals surface area contributed by atoms with E-state index < -0.39 is 0 Å². The van der Waals surface area contributed by atoms with Gasteiger partial charge in [0.2, 0.25) is 0 Å². The largest absolute Gasteiger partial charge is 0.489 e. The van der Waals surface area contributed by atoms with Crippen molar-refractivity contribution in [3.05, 3.63) is 65.2 Å². The van der Waals surface area contributed by atoms with Crippen LogP contribution in [0.3, 0.4) is 0 Å². The first-order valence-corrected chi connectivity index (χ1v) is 6.50. The molecule has 0 unspecified atom stereocenters. The summed E-state index contributed by atoms with van der Waals surface area (Å²) in [6, 6.07) is 15.1. The maximum absolute atomic E-state index is 8.61. The quantitative estimate of drug-likeness (QED) is 0.370. The zero-order chi connectivity index (χ0) is 15.1. The van der Waals surface area contributed by atoms with Crippen molar-refractivity contribution in [1.82, 2.24) is 0 Å². The average molecular weight is 286 g/mol. The van der Waals surface area contributed by atoms with Gasteiger partial charge in [0.1, 0.15) is 12.4 Å². The highest BCUT2D eigenvalue weighted by Gasteiger charge is 2.01. The van der Waals surface area contributed by atoms with E-state index in [0.29, 0.717) is 18.8 Å². The molecule has 110 valence electrons. The van der Waals surface area contributed by atoms with Crippen LogP contribution in [0.25, 0.3) is 0 Å². The Hall–Kier alpha value is -2.53. The van der Waals surface area contributed by atoms with Crippen LogP contribution in [-0.2, 0) is 18.0 Å². The molecular weight excluding hydrogens is 268 g/mol. The fourth-order valence-corrected chi connectivity index (χ4v) is 1.89. The molecule has 0 aliphatic carbocycles. The third-order valence-corrected chi connectivity index (χ3v) is 2.97. The van der Waals surface area contributed by atoms with Crippen molar-refractivity contribution in [2.45, 2.75) is 13.2 Å². The number of hydrogen-bond donors (Lipinski definition) is 2. The number of nitrogens with two attached hydrogens (primary N) is 1. The smallest absolute Gasteiger partial charge is 0.170 e. The number of oxime groups is 1. The number of amidine groups is 1. The molecule has 2 rings (SSSR count). The summed E-state index contributed by atoms with van der Waals surface area (Å²) in [4.78, 5) is 0. The molecule has 0 atom stereocenters. The highest BCUT2D eigenvalue weighted by molar-refractivity contribution is 5.96. The molecule has 0 aliphatic rings. The lowest BCUT2D eigenvalue weighted by molar-refractivity contribution is 0.184. The van der Waals surface area contributed by atoms with Gasteiger partial charge in [0.15, 0.2) is 5.84 Å². The van der Waals surface area contributed by atoms with Crippen molar-refractivity contribution in [3.63, 3.8) is 0 Å². The Labute approximate surface area is 123 Å². The zero-order valence-corrected chi connectivity index (χ0v) is 11.8. The summed E-state index contributed by atoms with van der Waals surface area (Å²) in [5, 5.41) is 11.6. The highest BCUT2D eigenvalue weighted by atomic mass is 16.5. The van der Waals surface area contributed by atoms with Crippen molar-refractivity contribution in [2.24, 2.45) is 10.9 Å². The fraction of sp³-hybridized carbons (Fsp3) is 0.188. The molecule has 0 aliphatic heterocycles. The summed E-state index contributed by atoms with van der Waals surface area (Å²) >= 11 is 0. The van der Waals surface area contributed by atoms with E-state index in [-0.39, 0.29) is 5.84 Å². The van der Waals surface area contributed by atoms with E-state index >= 15 is 0 Å². The van der Waals surface area contributed by atoms with Crippen molar-refractivity contribution >= 4 is 5.84 Å². The number of hydrogen-bond acceptors (Lipinski definition) is 4. The SMILES string of the molecule is COCc1cccc(OCc2ccc(C(N)=NO)cc2)c1. The van der Waals surface area contributed by atoms with Crippen molar-refractivity contribution < 1.29 is 14.7 Å². The Morgan fingerprint density at radius 3 is 2.52 bits per heavy atom. The van der Waals surface area contributed by atoms with Gasteiger partial charge in [-0.15, -0.1) is 0 Å². The molecule has 2 aromatic rings. The van der Waals surface area contributed by atoms with Gasteiger partial charge in [-0.3, -0.25) is 0 Å². The molecule has 0 bridgehead atoms. The third-order valence-electron chi connectivity index (χ3n) is 2.97. The average Bonchev–Trinajstić information content (AvgIpc) is 2.53. The second-order valence-corrected chi connectivity index (χ2v) is 4.55. The second kappa shape index (κ2) is 7.31. The van der Waals surface area contributed by atoms with Crippen LogP contribution in [0.15, 0.2) is 53.7 Å². The summed E-state index contributed by atoms with van der Waals surface area (Å²) in [5.41, 5.74) is 8.25. The number of methoxy groups -OCH3 is 1. The van der Waals surface area contributed by atoms with Gasteiger partial charge in [0.05, 0.1) is 6.61 Å². The predicted octanol–water partition coefficient (Wildman–Crippen LogP) is 2.51. The lowest BCUT2D eigenvalue weighted by Gasteiger charge is -2.08. The topological polar surface area (TPSA) is 77.1 Å². The van der Waals surface area contributed by atoms with Crippen LogP contribution in [-0.4, -0.2) is 18.2 Å². The summed E-state index contributed by atoms with van der Waals surface area (Å²) in [7, 11) is 1.66. The van der Waals surface area contributed by atoms with Gasteiger partial charge >= 0.3 is 0 Å². The van der Waals surface area contributed by atoms with Gasteiger partial charge in [-0.05, 0) is 23.3 Å². The molecular formula is C16H18N2O3. The third kappa shape index (κ3) is 4.22. The standard InChI is InChI=1S/C16H18N2O3/c1-20-10-13-3-2-4-15(9-13)21-11-12-5-7-14(8-6-12)16(17)18-19/h2-9,19H,10-11H2,1H3,(H2,17,18). The molecule has 3 N–H and O–H groups in total.